The van der Waals surface area contributed by atoms with Gasteiger partial charge in [-0.3, -0.25) is 9.58 Å². The van der Waals surface area contributed by atoms with Gasteiger partial charge in [0.25, 0.3) is 0 Å². The van der Waals surface area contributed by atoms with Gasteiger partial charge in [-0.25, -0.2) is 0 Å². The molecule has 1 saturated carbocycles. The van der Waals surface area contributed by atoms with E-state index in [2.05, 4.69) is 49.9 Å². The van der Waals surface area contributed by atoms with Crippen LogP contribution < -0.4 is 5.32 Å². The first-order valence-electron chi connectivity index (χ1n) is 8.34. The third kappa shape index (κ3) is 3.69. The van der Waals surface area contributed by atoms with E-state index in [-0.39, 0.29) is 0 Å². The number of hydrogen-bond donors (Lipinski definition) is 1. The largest absolute Gasteiger partial charge is 0.316 e. The third-order valence-electron chi connectivity index (χ3n) is 4.81. The average molecular weight is 355 g/mol. The first-order chi connectivity index (χ1) is 10.2. The van der Waals surface area contributed by atoms with Crippen molar-refractivity contribution >= 4 is 15.9 Å². The molecule has 1 unspecified atom stereocenters. The summed E-state index contributed by atoms with van der Waals surface area (Å²) in [5.74, 6) is 0.817. The molecule has 118 valence electrons. The van der Waals surface area contributed by atoms with E-state index in [9.17, 15) is 0 Å². The first kappa shape index (κ1) is 15.5. The molecule has 1 saturated heterocycles. The standard InChI is InChI=1S/C16H27BrN4/c1-3-14-16(17)15(20(2)19-14)11-21(13-6-7-13)10-12-5-4-8-18-9-12/h12-13,18H,3-11H2,1-2H3. The van der Waals surface area contributed by atoms with Crippen molar-refractivity contribution < 1.29 is 0 Å². The van der Waals surface area contributed by atoms with Gasteiger partial charge in [-0.1, -0.05) is 6.92 Å². The van der Waals surface area contributed by atoms with Crippen molar-refractivity contribution in [2.75, 3.05) is 19.6 Å². The average Bonchev–Trinajstić information content (AvgIpc) is 3.30. The lowest BCUT2D eigenvalue weighted by atomic mass is 9.99. The summed E-state index contributed by atoms with van der Waals surface area (Å²) < 4.78 is 3.29. The zero-order chi connectivity index (χ0) is 14.8. The Labute approximate surface area is 136 Å². The van der Waals surface area contributed by atoms with E-state index in [1.165, 1.54) is 61.2 Å². The summed E-state index contributed by atoms with van der Waals surface area (Å²) in [6.45, 7) is 6.83. The number of aromatic nitrogens is 2. The van der Waals surface area contributed by atoms with E-state index >= 15 is 0 Å². The van der Waals surface area contributed by atoms with Crippen molar-refractivity contribution in [1.82, 2.24) is 20.0 Å². The van der Waals surface area contributed by atoms with E-state index in [0.717, 1.165) is 24.9 Å². The summed E-state index contributed by atoms with van der Waals surface area (Å²) in [5, 5.41) is 8.18. The van der Waals surface area contributed by atoms with Gasteiger partial charge in [0.05, 0.1) is 15.9 Å². The summed E-state index contributed by atoms with van der Waals surface area (Å²) in [4.78, 5) is 2.69. The SMILES string of the molecule is CCc1nn(C)c(CN(CC2CCCNC2)C2CC2)c1Br. The number of halogens is 1. The van der Waals surface area contributed by atoms with Crippen LogP contribution in [0, 0.1) is 5.92 Å². The molecule has 4 nitrogen and oxygen atoms in total. The van der Waals surface area contributed by atoms with E-state index in [1.54, 1.807) is 0 Å². The first-order valence-corrected chi connectivity index (χ1v) is 9.13. The summed E-state index contributed by atoms with van der Waals surface area (Å²) in [7, 11) is 2.08. The maximum absolute atomic E-state index is 4.64. The van der Waals surface area contributed by atoms with Gasteiger partial charge >= 0.3 is 0 Å². The molecule has 2 heterocycles. The Hall–Kier alpha value is -0.390. The molecule has 2 aliphatic rings. The molecular formula is C16H27BrN4. The van der Waals surface area contributed by atoms with Crippen LogP contribution in [-0.4, -0.2) is 40.4 Å². The van der Waals surface area contributed by atoms with Crippen LogP contribution in [0.25, 0.3) is 0 Å². The number of nitrogens with zero attached hydrogens (tertiary/aromatic N) is 3. The molecular weight excluding hydrogens is 328 g/mol. The molecule has 1 N–H and O–H groups in total. The Morgan fingerprint density at radius 1 is 1.38 bits per heavy atom. The Morgan fingerprint density at radius 2 is 2.19 bits per heavy atom. The molecule has 1 aliphatic heterocycles. The number of piperidine rings is 1. The maximum Gasteiger partial charge on any atom is 0.0767 e. The minimum Gasteiger partial charge on any atom is -0.316 e. The molecule has 1 aliphatic carbocycles. The van der Waals surface area contributed by atoms with Gasteiger partial charge in [-0.2, -0.15) is 5.10 Å². The highest BCUT2D eigenvalue weighted by molar-refractivity contribution is 9.10. The van der Waals surface area contributed by atoms with E-state index in [4.69, 9.17) is 0 Å². The monoisotopic (exact) mass is 354 g/mol. The lowest BCUT2D eigenvalue weighted by Gasteiger charge is -2.30. The van der Waals surface area contributed by atoms with Crippen LogP contribution >= 0.6 is 15.9 Å². The zero-order valence-electron chi connectivity index (χ0n) is 13.2. The van der Waals surface area contributed by atoms with Gasteiger partial charge in [0.1, 0.15) is 0 Å². The second kappa shape index (κ2) is 6.80. The lowest BCUT2D eigenvalue weighted by Crippen LogP contribution is -2.39. The van der Waals surface area contributed by atoms with Gasteiger partial charge in [0, 0.05) is 26.2 Å². The second-order valence-electron chi connectivity index (χ2n) is 6.56. The Balaban J connectivity index is 1.68. The van der Waals surface area contributed by atoms with Gasteiger partial charge < -0.3 is 5.32 Å². The fourth-order valence-electron chi connectivity index (χ4n) is 3.38. The van der Waals surface area contributed by atoms with E-state index in [0.29, 0.717) is 0 Å². The highest BCUT2D eigenvalue weighted by atomic mass is 79.9. The van der Waals surface area contributed by atoms with Crippen molar-refractivity contribution in [3.05, 3.63) is 15.9 Å². The molecule has 0 spiro atoms. The number of hydrogen-bond acceptors (Lipinski definition) is 3. The highest BCUT2D eigenvalue weighted by Gasteiger charge is 2.32. The Kier molecular flexibility index (Phi) is 5.02. The zero-order valence-corrected chi connectivity index (χ0v) is 14.8. The van der Waals surface area contributed by atoms with Crippen LogP contribution in [0.1, 0.15) is 44.0 Å². The minimum atomic E-state index is 0.804. The molecule has 1 atom stereocenters. The third-order valence-corrected chi connectivity index (χ3v) is 5.73. The van der Waals surface area contributed by atoms with E-state index in [1.807, 2.05) is 0 Å². The second-order valence-corrected chi connectivity index (χ2v) is 7.35. The number of aryl methyl sites for hydroxylation is 2. The molecule has 0 radical (unpaired) electrons. The Morgan fingerprint density at radius 3 is 2.76 bits per heavy atom. The van der Waals surface area contributed by atoms with Gasteiger partial charge in [-0.15, -0.1) is 0 Å². The molecule has 0 bridgehead atoms. The number of nitrogens with one attached hydrogen (secondary N) is 1. The minimum absolute atomic E-state index is 0.804. The summed E-state index contributed by atoms with van der Waals surface area (Å²) in [6.07, 6.45) is 6.44. The van der Waals surface area contributed by atoms with Crippen LogP contribution in [0.3, 0.4) is 0 Å². The van der Waals surface area contributed by atoms with E-state index < -0.39 is 0 Å². The predicted octanol–water partition coefficient (Wildman–Crippen LogP) is 2.71. The van der Waals surface area contributed by atoms with Crippen LogP contribution in [0.4, 0.5) is 0 Å². The topological polar surface area (TPSA) is 33.1 Å². The van der Waals surface area contributed by atoms with Crippen molar-refractivity contribution in [2.24, 2.45) is 13.0 Å². The molecule has 2 fully saturated rings. The molecule has 1 aromatic heterocycles. The Bertz CT molecular complexity index is 475. The smallest absolute Gasteiger partial charge is 0.0767 e. The molecule has 5 heteroatoms. The van der Waals surface area contributed by atoms with Crippen LogP contribution in [0.5, 0.6) is 0 Å². The van der Waals surface area contributed by atoms with Gasteiger partial charge in [0.15, 0.2) is 0 Å². The van der Waals surface area contributed by atoms with Crippen LogP contribution in [-0.2, 0) is 20.0 Å². The fraction of sp³-hybridized carbons (Fsp3) is 0.812. The highest BCUT2D eigenvalue weighted by Crippen LogP contribution is 2.32. The quantitative estimate of drug-likeness (QED) is 0.852. The molecule has 21 heavy (non-hydrogen) atoms. The van der Waals surface area contributed by atoms with Crippen molar-refractivity contribution in [3.8, 4) is 0 Å². The fourth-order valence-corrected chi connectivity index (χ4v) is 4.12. The summed E-state index contributed by atoms with van der Waals surface area (Å²) >= 11 is 3.76. The van der Waals surface area contributed by atoms with Gasteiger partial charge in [-0.05, 0) is 67.0 Å². The summed E-state index contributed by atoms with van der Waals surface area (Å²) in [5.41, 5.74) is 2.52. The maximum atomic E-state index is 4.64. The molecule has 0 amide bonds. The molecule has 1 aromatic rings. The molecule has 3 rings (SSSR count). The number of rotatable bonds is 6. The van der Waals surface area contributed by atoms with Crippen molar-refractivity contribution in [2.45, 2.75) is 51.6 Å². The summed E-state index contributed by atoms with van der Waals surface area (Å²) in [6, 6.07) is 0.804. The normalized spacial score (nSPS) is 23.0. The van der Waals surface area contributed by atoms with Crippen molar-refractivity contribution in [1.29, 1.82) is 0 Å². The van der Waals surface area contributed by atoms with Crippen LogP contribution in [0.2, 0.25) is 0 Å². The van der Waals surface area contributed by atoms with Crippen LogP contribution in [0.15, 0.2) is 4.47 Å². The predicted molar refractivity (Wildman–Crippen MR) is 89.3 cm³/mol. The molecule has 0 aromatic carbocycles. The van der Waals surface area contributed by atoms with Crippen molar-refractivity contribution in [3.63, 3.8) is 0 Å². The van der Waals surface area contributed by atoms with Gasteiger partial charge in [0.2, 0.25) is 0 Å². The lowest BCUT2D eigenvalue weighted by molar-refractivity contribution is 0.188.